The molecule has 1 aromatic carbocycles. The standard InChI is InChI=1S/C17H17N3O3S/c1-4-18-17-19(5-2)16(23)14(24-17)13-11-8-6-7-9-12(11)20(10(3)21)15(13)22/h6-9H,4-5H2,1-3H3/b14-13-,18-17?. The zero-order valence-electron chi connectivity index (χ0n) is 13.7. The summed E-state index contributed by atoms with van der Waals surface area (Å²) in [7, 11) is 0. The minimum Gasteiger partial charge on any atom is -0.287 e. The minimum atomic E-state index is -0.451. The van der Waals surface area contributed by atoms with Gasteiger partial charge in [0.25, 0.3) is 11.8 Å². The molecule has 2 aliphatic heterocycles. The van der Waals surface area contributed by atoms with Crippen molar-refractivity contribution in [3.05, 3.63) is 34.7 Å². The van der Waals surface area contributed by atoms with Crippen LogP contribution in [0.4, 0.5) is 5.69 Å². The summed E-state index contributed by atoms with van der Waals surface area (Å²) in [6.45, 7) is 6.13. The second kappa shape index (κ2) is 6.24. The van der Waals surface area contributed by atoms with E-state index in [1.54, 1.807) is 29.2 Å². The van der Waals surface area contributed by atoms with Crippen LogP contribution in [0.1, 0.15) is 26.3 Å². The van der Waals surface area contributed by atoms with Gasteiger partial charge in [-0.2, -0.15) is 0 Å². The fourth-order valence-electron chi connectivity index (χ4n) is 2.84. The topological polar surface area (TPSA) is 70.0 Å². The number of para-hydroxylation sites is 1. The molecular weight excluding hydrogens is 326 g/mol. The minimum absolute atomic E-state index is 0.238. The summed E-state index contributed by atoms with van der Waals surface area (Å²) in [5.74, 6) is -1.06. The summed E-state index contributed by atoms with van der Waals surface area (Å²) in [6, 6.07) is 7.03. The monoisotopic (exact) mass is 343 g/mol. The number of aliphatic imine (C=N–C) groups is 1. The maximum Gasteiger partial charge on any atom is 0.267 e. The largest absolute Gasteiger partial charge is 0.287 e. The first-order chi connectivity index (χ1) is 11.5. The zero-order valence-corrected chi connectivity index (χ0v) is 14.5. The average Bonchev–Trinajstić information content (AvgIpc) is 3.01. The van der Waals surface area contributed by atoms with E-state index in [9.17, 15) is 14.4 Å². The molecule has 0 atom stereocenters. The second-order valence-electron chi connectivity index (χ2n) is 5.29. The van der Waals surface area contributed by atoms with Crippen LogP contribution in [-0.2, 0) is 14.4 Å². The van der Waals surface area contributed by atoms with E-state index >= 15 is 0 Å². The van der Waals surface area contributed by atoms with Gasteiger partial charge < -0.3 is 0 Å². The van der Waals surface area contributed by atoms with Crippen molar-refractivity contribution in [2.45, 2.75) is 20.8 Å². The van der Waals surface area contributed by atoms with Crippen LogP contribution >= 0.6 is 11.8 Å². The van der Waals surface area contributed by atoms with Crippen molar-refractivity contribution in [3.63, 3.8) is 0 Å². The second-order valence-corrected chi connectivity index (χ2v) is 6.27. The lowest BCUT2D eigenvalue weighted by Gasteiger charge is -2.12. The van der Waals surface area contributed by atoms with Crippen molar-refractivity contribution in [2.24, 2.45) is 4.99 Å². The first-order valence-corrected chi connectivity index (χ1v) is 8.55. The average molecular weight is 343 g/mol. The summed E-state index contributed by atoms with van der Waals surface area (Å²) in [4.78, 5) is 44.8. The van der Waals surface area contributed by atoms with E-state index in [-0.39, 0.29) is 17.4 Å². The number of carbonyl (C=O) groups excluding carboxylic acids is 3. The Bertz CT molecular complexity index is 813. The Hall–Kier alpha value is -2.41. The van der Waals surface area contributed by atoms with Gasteiger partial charge in [-0.3, -0.25) is 24.3 Å². The van der Waals surface area contributed by atoms with E-state index in [4.69, 9.17) is 0 Å². The molecule has 1 aromatic rings. The van der Waals surface area contributed by atoms with Gasteiger partial charge in [0.05, 0.1) is 16.2 Å². The lowest BCUT2D eigenvalue weighted by molar-refractivity contribution is -0.124. The molecule has 6 nitrogen and oxygen atoms in total. The van der Waals surface area contributed by atoms with Gasteiger partial charge in [-0.05, 0) is 31.7 Å². The lowest BCUT2D eigenvalue weighted by atomic mass is 10.1. The fourth-order valence-corrected chi connectivity index (χ4v) is 4.03. The molecule has 0 aliphatic carbocycles. The number of amides is 3. The Labute approximate surface area is 144 Å². The van der Waals surface area contributed by atoms with Gasteiger partial charge >= 0.3 is 0 Å². The first-order valence-electron chi connectivity index (χ1n) is 7.74. The number of amidine groups is 1. The predicted octanol–water partition coefficient (Wildman–Crippen LogP) is 2.26. The van der Waals surface area contributed by atoms with Crippen molar-refractivity contribution in [1.29, 1.82) is 0 Å². The molecule has 0 bridgehead atoms. The third kappa shape index (κ3) is 2.36. The molecule has 0 radical (unpaired) electrons. The smallest absolute Gasteiger partial charge is 0.267 e. The molecule has 7 heteroatoms. The Morgan fingerprint density at radius 2 is 1.88 bits per heavy atom. The number of rotatable bonds is 2. The molecular formula is C17H17N3O3S. The molecule has 0 aromatic heterocycles. The summed E-state index contributed by atoms with van der Waals surface area (Å²) in [6.07, 6.45) is 0. The lowest BCUT2D eigenvalue weighted by Crippen LogP contribution is -2.32. The van der Waals surface area contributed by atoms with Crippen molar-refractivity contribution in [3.8, 4) is 0 Å². The van der Waals surface area contributed by atoms with Gasteiger partial charge in [0.15, 0.2) is 5.17 Å². The summed E-state index contributed by atoms with van der Waals surface area (Å²) in [5, 5.41) is 0.596. The number of thioether (sulfide) groups is 1. The van der Waals surface area contributed by atoms with E-state index in [0.29, 0.717) is 34.4 Å². The summed E-state index contributed by atoms with van der Waals surface area (Å²) < 4.78 is 0. The summed E-state index contributed by atoms with van der Waals surface area (Å²) in [5.41, 5.74) is 1.42. The number of benzene rings is 1. The number of anilines is 1. The first kappa shape index (κ1) is 16.4. The van der Waals surface area contributed by atoms with Crippen LogP contribution in [-0.4, -0.2) is 40.9 Å². The van der Waals surface area contributed by atoms with Crippen molar-refractivity contribution in [1.82, 2.24) is 4.90 Å². The van der Waals surface area contributed by atoms with Gasteiger partial charge in [-0.25, -0.2) is 4.90 Å². The SMILES string of the molecule is CCN=C1S/C(=C2\C(=O)N(C(C)=O)c3ccccc32)C(=O)N1CC. The van der Waals surface area contributed by atoms with Gasteiger partial charge in [0, 0.05) is 25.6 Å². The molecule has 2 aliphatic rings. The highest BCUT2D eigenvalue weighted by atomic mass is 32.2. The molecule has 2 heterocycles. The van der Waals surface area contributed by atoms with Crippen LogP contribution in [0.25, 0.3) is 5.57 Å². The molecule has 3 amide bonds. The summed E-state index contributed by atoms with van der Waals surface area (Å²) >= 11 is 1.20. The van der Waals surface area contributed by atoms with E-state index in [1.807, 2.05) is 13.8 Å². The van der Waals surface area contributed by atoms with E-state index in [2.05, 4.69) is 4.99 Å². The Balaban J connectivity index is 2.20. The van der Waals surface area contributed by atoms with Gasteiger partial charge in [-0.15, -0.1) is 0 Å². The Morgan fingerprint density at radius 1 is 1.17 bits per heavy atom. The molecule has 24 heavy (non-hydrogen) atoms. The highest BCUT2D eigenvalue weighted by Gasteiger charge is 2.43. The normalized spacial score (nSPS) is 21.9. The van der Waals surface area contributed by atoms with Crippen molar-refractivity contribution < 1.29 is 14.4 Å². The molecule has 1 fully saturated rings. The molecule has 0 saturated carbocycles. The molecule has 1 saturated heterocycles. The molecule has 0 N–H and O–H groups in total. The van der Waals surface area contributed by atoms with Crippen LogP contribution in [0.15, 0.2) is 34.2 Å². The Kier molecular flexibility index (Phi) is 4.28. The van der Waals surface area contributed by atoms with Gasteiger partial charge in [0.1, 0.15) is 0 Å². The molecule has 124 valence electrons. The number of carbonyl (C=O) groups is 3. The van der Waals surface area contributed by atoms with Gasteiger partial charge in [-0.1, -0.05) is 18.2 Å². The molecule has 0 unspecified atom stereocenters. The van der Waals surface area contributed by atoms with Crippen LogP contribution in [0.3, 0.4) is 0 Å². The molecule has 0 spiro atoms. The number of nitrogens with zero attached hydrogens (tertiary/aromatic N) is 3. The molecule has 3 rings (SSSR count). The third-order valence-electron chi connectivity index (χ3n) is 3.85. The maximum absolute atomic E-state index is 12.8. The quantitative estimate of drug-likeness (QED) is 0.773. The number of hydrogen-bond acceptors (Lipinski definition) is 5. The third-order valence-corrected chi connectivity index (χ3v) is 4.96. The zero-order chi connectivity index (χ0) is 17.4. The van der Waals surface area contributed by atoms with E-state index < -0.39 is 5.91 Å². The highest BCUT2D eigenvalue weighted by molar-refractivity contribution is 8.18. The Morgan fingerprint density at radius 3 is 2.50 bits per heavy atom. The highest BCUT2D eigenvalue weighted by Crippen LogP contribution is 2.44. The number of imide groups is 1. The van der Waals surface area contributed by atoms with Crippen LogP contribution in [0, 0.1) is 0 Å². The van der Waals surface area contributed by atoms with Crippen LogP contribution in [0.2, 0.25) is 0 Å². The van der Waals surface area contributed by atoms with Crippen LogP contribution < -0.4 is 4.90 Å². The van der Waals surface area contributed by atoms with Gasteiger partial charge in [0.2, 0.25) is 5.91 Å². The fraction of sp³-hybridized carbons (Fsp3) is 0.294. The van der Waals surface area contributed by atoms with Crippen molar-refractivity contribution >= 4 is 45.9 Å². The van der Waals surface area contributed by atoms with Crippen molar-refractivity contribution in [2.75, 3.05) is 18.0 Å². The maximum atomic E-state index is 12.8. The number of likely N-dealkylation sites (N-methyl/N-ethyl adjacent to an activating group) is 1. The number of hydrogen-bond donors (Lipinski definition) is 0. The predicted molar refractivity (Wildman–Crippen MR) is 94.5 cm³/mol. The number of fused-ring (bicyclic) bond motifs is 1. The van der Waals surface area contributed by atoms with Crippen LogP contribution in [0.5, 0.6) is 0 Å². The van der Waals surface area contributed by atoms with E-state index in [0.717, 1.165) is 4.90 Å². The van der Waals surface area contributed by atoms with E-state index in [1.165, 1.54) is 18.7 Å².